The molecule has 1 fully saturated rings. The number of nitrogens with one attached hydrogen (secondary N) is 2. The third-order valence-electron chi connectivity index (χ3n) is 3.27. The van der Waals surface area contributed by atoms with Crippen LogP contribution in [0.5, 0.6) is 0 Å². The molecule has 2 aliphatic heterocycles. The first kappa shape index (κ1) is 11.7. The van der Waals surface area contributed by atoms with Gasteiger partial charge in [0.2, 0.25) is 0 Å². The molecular weight excluding hydrogens is 250 g/mol. The van der Waals surface area contributed by atoms with Crippen LogP contribution in [-0.2, 0) is 0 Å². The van der Waals surface area contributed by atoms with Gasteiger partial charge in [-0.3, -0.25) is 15.4 Å². The molecule has 2 N–H and O–H groups in total. The smallest absolute Gasteiger partial charge is 0.404 e. The van der Waals surface area contributed by atoms with Gasteiger partial charge >= 0.3 is 5.88 Å². The largest absolute Gasteiger partial charge is 0.433 e. The molecule has 3 heterocycles. The van der Waals surface area contributed by atoms with E-state index in [1.807, 2.05) is 5.01 Å². The van der Waals surface area contributed by atoms with E-state index >= 15 is 0 Å². The number of hydrazine groups is 1. The number of hydrogen-bond donors (Lipinski definition) is 2. The van der Waals surface area contributed by atoms with Gasteiger partial charge in [-0.15, -0.1) is 0 Å². The van der Waals surface area contributed by atoms with E-state index < -0.39 is 4.92 Å². The summed E-state index contributed by atoms with van der Waals surface area (Å²) in [5.74, 6) is 0.260. The lowest BCUT2D eigenvalue weighted by molar-refractivity contribution is -0.402. The summed E-state index contributed by atoms with van der Waals surface area (Å²) in [6, 6.07) is 4.93. The average Bonchev–Trinajstić information content (AvgIpc) is 3.04. The summed E-state index contributed by atoms with van der Waals surface area (Å²) in [6.07, 6.45) is 2.18. The molecule has 1 aromatic rings. The Labute approximate surface area is 108 Å². The second-order valence-electron chi connectivity index (χ2n) is 4.38. The van der Waals surface area contributed by atoms with E-state index in [4.69, 9.17) is 9.68 Å². The van der Waals surface area contributed by atoms with Crippen LogP contribution in [0.15, 0.2) is 28.3 Å². The van der Waals surface area contributed by atoms with Gasteiger partial charge < -0.3 is 9.84 Å². The molecule has 2 aliphatic rings. The van der Waals surface area contributed by atoms with Gasteiger partial charge in [0.05, 0.1) is 23.8 Å². The van der Waals surface area contributed by atoms with Gasteiger partial charge in [-0.2, -0.15) is 5.26 Å². The van der Waals surface area contributed by atoms with E-state index in [0.717, 1.165) is 13.0 Å². The Morgan fingerprint density at radius 1 is 1.58 bits per heavy atom. The molecule has 0 saturated carbocycles. The van der Waals surface area contributed by atoms with Crippen molar-refractivity contribution < 1.29 is 9.34 Å². The van der Waals surface area contributed by atoms with Crippen LogP contribution in [0, 0.1) is 21.4 Å². The third-order valence-corrected chi connectivity index (χ3v) is 3.27. The fourth-order valence-corrected chi connectivity index (χ4v) is 2.33. The van der Waals surface area contributed by atoms with Crippen molar-refractivity contribution in [2.45, 2.75) is 18.6 Å². The summed E-state index contributed by atoms with van der Waals surface area (Å²) >= 11 is 0. The standard InChI is InChI=1S/C11H11N5O3/c12-5-7-6-13-15-4-3-8(14-11(7)15)9-1-2-10(19-9)16(17)18/h1-2,6,8,11,13-14H,3-4H2. The monoisotopic (exact) mass is 261 g/mol. The van der Waals surface area contributed by atoms with Crippen molar-refractivity contribution in [1.82, 2.24) is 15.8 Å². The number of rotatable bonds is 2. The Bertz CT molecular complexity index is 587. The number of hydrogen-bond acceptors (Lipinski definition) is 7. The van der Waals surface area contributed by atoms with Crippen molar-refractivity contribution in [2.75, 3.05) is 6.54 Å². The summed E-state index contributed by atoms with van der Waals surface area (Å²) in [7, 11) is 0. The highest BCUT2D eigenvalue weighted by Gasteiger charge is 2.35. The molecule has 98 valence electrons. The van der Waals surface area contributed by atoms with Crippen LogP contribution < -0.4 is 10.7 Å². The van der Waals surface area contributed by atoms with Crippen LogP contribution in [0.1, 0.15) is 18.2 Å². The predicted octanol–water partition coefficient (Wildman–Crippen LogP) is 0.776. The fraction of sp³-hybridized carbons (Fsp3) is 0.364. The molecule has 0 bridgehead atoms. The third kappa shape index (κ3) is 1.95. The lowest BCUT2D eigenvalue weighted by Crippen LogP contribution is -2.53. The Kier molecular flexibility index (Phi) is 2.70. The molecule has 0 aliphatic carbocycles. The van der Waals surface area contributed by atoms with Crippen LogP contribution in [0.2, 0.25) is 0 Å². The first-order chi connectivity index (χ1) is 9.19. The SMILES string of the molecule is N#CC1=CNN2CCC(c3ccc([N+](=O)[O-])o3)NC12. The zero-order chi connectivity index (χ0) is 13.4. The topological polar surface area (TPSA) is 107 Å². The molecule has 0 aromatic carbocycles. The average molecular weight is 261 g/mol. The van der Waals surface area contributed by atoms with Crippen LogP contribution in [0.3, 0.4) is 0 Å². The van der Waals surface area contributed by atoms with Gasteiger partial charge in [-0.25, -0.2) is 5.01 Å². The van der Waals surface area contributed by atoms with Crippen molar-refractivity contribution in [1.29, 1.82) is 5.26 Å². The highest BCUT2D eigenvalue weighted by atomic mass is 16.6. The van der Waals surface area contributed by atoms with Crippen LogP contribution in [0.25, 0.3) is 0 Å². The Hall–Kier alpha value is -2.37. The number of furan rings is 1. The molecule has 0 spiro atoms. The van der Waals surface area contributed by atoms with E-state index in [1.54, 1.807) is 12.3 Å². The lowest BCUT2D eigenvalue weighted by Gasteiger charge is -2.35. The van der Waals surface area contributed by atoms with Gasteiger partial charge in [0, 0.05) is 12.7 Å². The number of fused-ring (bicyclic) bond motifs is 1. The summed E-state index contributed by atoms with van der Waals surface area (Å²) < 4.78 is 5.20. The quantitative estimate of drug-likeness (QED) is 0.598. The molecule has 0 amide bonds. The van der Waals surface area contributed by atoms with E-state index in [-0.39, 0.29) is 18.1 Å². The minimum atomic E-state index is -0.559. The Morgan fingerprint density at radius 3 is 3.11 bits per heavy atom. The fourth-order valence-electron chi connectivity index (χ4n) is 2.33. The molecule has 19 heavy (non-hydrogen) atoms. The molecule has 3 rings (SSSR count). The summed E-state index contributed by atoms with van der Waals surface area (Å²) in [6.45, 7) is 0.721. The second kappa shape index (κ2) is 4.38. The van der Waals surface area contributed by atoms with Crippen molar-refractivity contribution in [3.05, 3.63) is 39.8 Å². The van der Waals surface area contributed by atoms with E-state index in [1.165, 1.54) is 6.07 Å². The molecule has 1 aromatic heterocycles. The minimum Gasteiger partial charge on any atom is -0.404 e. The normalized spacial score (nSPS) is 26.2. The maximum atomic E-state index is 10.6. The van der Waals surface area contributed by atoms with Gasteiger partial charge in [0.1, 0.15) is 16.8 Å². The van der Waals surface area contributed by atoms with Crippen LogP contribution >= 0.6 is 0 Å². The highest BCUT2D eigenvalue weighted by molar-refractivity contribution is 5.30. The predicted molar refractivity (Wildman–Crippen MR) is 63.2 cm³/mol. The highest BCUT2D eigenvalue weighted by Crippen LogP contribution is 2.29. The second-order valence-corrected chi connectivity index (χ2v) is 4.38. The molecule has 8 nitrogen and oxygen atoms in total. The lowest BCUT2D eigenvalue weighted by atomic mass is 10.1. The maximum absolute atomic E-state index is 10.6. The zero-order valence-electron chi connectivity index (χ0n) is 9.87. The van der Waals surface area contributed by atoms with Crippen molar-refractivity contribution in [3.8, 4) is 6.07 Å². The Morgan fingerprint density at radius 2 is 2.42 bits per heavy atom. The molecular formula is C11H11N5O3. The molecule has 8 heteroatoms. The van der Waals surface area contributed by atoms with Crippen LogP contribution in [-0.4, -0.2) is 22.6 Å². The summed E-state index contributed by atoms with van der Waals surface area (Å²) in [5, 5.41) is 24.8. The maximum Gasteiger partial charge on any atom is 0.433 e. The molecule has 2 unspecified atom stereocenters. The summed E-state index contributed by atoms with van der Waals surface area (Å²) in [5.41, 5.74) is 3.59. The van der Waals surface area contributed by atoms with Crippen LogP contribution in [0.4, 0.5) is 5.88 Å². The van der Waals surface area contributed by atoms with Crippen molar-refractivity contribution in [3.63, 3.8) is 0 Å². The zero-order valence-corrected chi connectivity index (χ0v) is 9.87. The van der Waals surface area contributed by atoms with E-state index in [9.17, 15) is 10.1 Å². The number of nitriles is 1. The van der Waals surface area contributed by atoms with Crippen molar-refractivity contribution >= 4 is 5.88 Å². The molecule has 1 saturated heterocycles. The van der Waals surface area contributed by atoms with Gasteiger partial charge in [-0.1, -0.05) is 0 Å². The first-order valence-corrected chi connectivity index (χ1v) is 5.82. The molecule has 0 radical (unpaired) electrons. The molecule has 2 atom stereocenters. The van der Waals surface area contributed by atoms with Gasteiger partial charge in [0.25, 0.3) is 0 Å². The summed E-state index contributed by atoms with van der Waals surface area (Å²) in [4.78, 5) is 10.0. The first-order valence-electron chi connectivity index (χ1n) is 5.82. The minimum absolute atomic E-state index is 0.133. The van der Waals surface area contributed by atoms with Crippen molar-refractivity contribution in [2.24, 2.45) is 0 Å². The van der Waals surface area contributed by atoms with E-state index in [0.29, 0.717) is 11.3 Å². The Balaban J connectivity index is 1.78. The van der Waals surface area contributed by atoms with Gasteiger partial charge in [-0.05, 0) is 12.5 Å². The van der Waals surface area contributed by atoms with E-state index in [2.05, 4.69) is 16.8 Å². The van der Waals surface area contributed by atoms with Gasteiger partial charge in [0.15, 0.2) is 0 Å². The number of nitrogens with zero attached hydrogens (tertiary/aromatic N) is 3. The number of nitro groups is 1.